The van der Waals surface area contributed by atoms with Crippen LogP contribution in [-0.4, -0.2) is 43.6 Å². The molecule has 1 fully saturated rings. The number of likely N-dealkylation sites (tertiary alicyclic amines) is 1. The molecule has 2 heterocycles. The maximum Gasteiger partial charge on any atom is 0.234 e. The average molecular weight is 274 g/mol. The fraction of sp³-hybridized carbons (Fsp3) is 0.562. The van der Waals surface area contributed by atoms with Crippen LogP contribution in [0.4, 0.5) is 0 Å². The quantitative estimate of drug-likeness (QED) is 0.905. The SMILES string of the molecule is O=C(CN1CCCC1)NC[C@H]1OCCc2ccccc21. The number of benzene rings is 1. The van der Waals surface area contributed by atoms with E-state index in [2.05, 4.69) is 28.4 Å². The number of nitrogens with zero attached hydrogens (tertiary/aromatic N) is 1. The Balaban J connectivity index is 1.52. The molecule has 1 aromatic rings. The van der Waals surface area contributed by atoms with Crippen molar-refractivity contribution in [2.75, 3.05) is 32.8 Å². The van der Waals surface area contributed by atoms with Crippen LogP contribution < -0.4 is 5.32 Å². The lowest BCUT2D eigenvalue weighted by atomic mass is 9.97. The van der Waals surface area contributed by atoms with E-state index in [1.165, 1.54) is 24.0 Å². The lowest BCUT2D eigenvalue weighted by molar-refractivity contribution is -0.122. The molecule has 1 aromatic carbocycles. The number of carbonyl (C=O) groups is 1. The van der Waals surface area contributed by atoms with E-state index in [-0.39, 0.29) is 12.0 Å². The van der Waals surface area contributed by atoms with Gasteiger partial charge in [0.1, 0.15) is 6.10 Å². The molecule has 3 rings (SSSR count). The summed E-state index contributed by atoms with van der Waals surface area (Å²) in [6.07, 6.45) is 3.40. The first-order valence-corrected chi connectivity index (χ1v) is 7.51. The predicted octanol–water partition coefficient (Wildman–Crippen LogP) is 1.51. The lowest BCUT2D eigenvalue weighted by Crippen LogP contribution is -2.38. The number of ether oxygens (including phenoxy) is 1. The van der Waals surface area contributed by atoms with Gasteiger partial charge in [-0.3, -0.25) is 9.69 Å². The minimum absolute atomic E-state index is 0.00229. The minimum atomic E-state index is 0.00229. The summed E-state index contributed by atoms with van der Waals surface area (Å²) in [5.74, 6) is 0.110. The molecule has 4 heteroatoms. The van der Waals surface area contributed by atoms with Gasteiger partial charge in [0.2, 0.25) is 5.91 Å². The molecular weight excluding hydrogens is 252 g/mol. The van der Waals surface area contributed by atoms with Gasteiger partial charge in [0.15, 0.2) is 0 Å². The largest absolute Gasteiger partial charge is 0.371 e. The Bertz CT molecular complexity index is 469. The van der Waals surface area contributed by atoms with Crippen LogP contribution in [0.2, 0.25) is 0 Å². The van der Waals surface area contributed by atoms with Gasteiger partial charge in [0.25, 0.3) is 0 Å². The van der Waals surface area contributed by atoms with Crippen molar-refractivity contribution >= 4 is 5.91 Å². The van der Waals surface area contributed by atoms with Crippen molar-refractivity contribution in [3.8, 4) is 0 Å². The molecule has 1 N–H and O–H groups in total. The standard InChI is InChI=1S/C16H22N2O2/c19-16(12-18-8-3-4-9-18)17-11-15-14-6-2-1-5-13(14)7-10-20-15/h1-2,5-6,15H,3-4,7-12H2,(H,17,19)/t15-/m1/s1. The van der Waals surface area contributed by atoms with Gasteiger partial charge >= 0.3 is 0 Å². The van der Waals surface area contributed by atoms with Crippen LogP contribution in [0, 0.1) is 0 Å². The van der Waals surface area contributed by atoms with E-state index in [9.17, 15) is 4.79 Å². The second kappa shape index (κ2) is 6.37. The zero-order valence-corrected chi connectivity index (χ0v) is 11.8. The molecule has 4 nitrogen and oxygen atoms in total. The van der Waals surface area contributed by atoms with Gasteiger partial charge in [-0.05, 0) is 43.5 Å². The number of amides is 1. The van der Waals surface area contributed by atoms with Gasteiger partial charge in [-0.25, -0.2) is 0 Å². The van der Waals surface area contributed by atoms with E-state index in [1.807, 2.05) is 6.07 Å². The molecule has 1 atom stereocenters. The summed E-state index contributed by atoms with van der Waals surface area (Å²) in [7, 11) is 0. The lowest BCUT2D eigenvalue weighted by Gasteiger charge is -2.26. The number of hydrogen-bond acceptors (Lipinski definition) is 3. The van der Waals surface area contributed by atoms with Crippen molar-refractivity contribution < 1.29 is 9.53 Å². The van der Waals surface area contributed by atoms with Gasteiger partial charge in [-0.2, -0.15) is 0 Å². The van der Waals surface area contributed by atoms with E-state index in [0.29, 0.717) is 13.1 Å². The Morgan fingerprint density at radius 1 is 1.30 bits per heavy atom. The van der Waals surface area contributed by atoms with E-state index in [1.54, 1.807) is 0 Å². The molecule has 0 unspecified atom stereocenters. The summed E-state index contributed by atoms with van der Waals surface area (Å²) in [5, 5.41) is 3.01. The molecule has 108 valence electrons. The topological polar surface area (TPSA) is 41.6 Å². The summed E-state index contributed by atoms with van der Waals surface area (Å²) in [5.41, 5.74) is 2.57. The average Bonchev–Trinajstić information content (AvgIpc) is 2.98. The molecule has 0 spiro atoms. The van der Waals surface area contributed by atoms with Crippen LogP contribution in [0.3, 0.4) is 0 Å². The number of fused-ring (bicyclic) bond motifs is 1. The molecule has 2 aliphatic rings. The maximum atomic E-state index is 11.9. The Morgan fingerprint density at radius 2 is 2.10 bits per heavy atom. The third-order valence-corrected chi connectivity index (χ3v) is 4.14. The molecule has 0 bridgehead atoms. The van der Waals surface area contributed by atoms with Crippen LogP contribution in [0.1, 0.15) is 30.1 Å². The number of rotatable bonds is 4. The van der Waals surface area contributed by atoms with Crippen molar-refractivity contribution in [3.05, 3.63) is 35.4 Å². The summed E-state index contributed by atoms with van der Waals surface area (Å²) in [6, 6.07) is 8.35. The first kappa shape index (κ1) is 13.6. The van der Waals surface area contributed by atoms with Gasteiger partial charge < -0.3 is 10.1 Å². The summed E-state index contributed by atoms with van der Waals surface area (Å²) in [6.45, 7) is 3.94. The molecule has 0 radical (unpaired) electrons. The van der Waals surface area contributed by atoms with Crippen molar-refractivity contribution in [1.29, 1.82) is 0 Å². The summed E-state index contributed by atoms with van der Waals surface area (Å²) < 4.78 is 5.80. The zero-order valence-electron chi connectivity index (χ0n) is 11.8. The van der Waals surface area contributed by atoms with E-state index in [4.69, 9.17) is 4.74 Å². The maximum absolute atomic E-state index is 11.9. The normalized spacial score (nSPS) is 22.5. The fourth-order valence-corrected chi connectivity index (χ4v) is 3.05. The predicted molar refractivity (Wildman–Crippen MR) is 77.5 cm³/mol. The van der Waals surface area contributed by atoms with Crippen LogP contribution in [-0.2, 0) is 16.0 Å². The molecule has 1 amide bonds. The van der Waals surface area contributed by atoms with Gasteiger partial charge in [0, 0.05) is 6.54 Å². The molecule has 1 saturated heterocycles. The Morgan fingerprint density at radius 3 is 2.95 bits per heavy atom. The molecule has 0 aliphatic carbocycles. The highest BCUT2D eigenvalue weighted by atomic mass is 16.5. The third kappa shape index (κ3) is 3.19. The highest BCUT2D eigenvalue weighted by Crippen LogP contribution is 2.26. The minimum Gasteiger partial charge on any atom is -0.371 e. The van der Waals surface area contributed by atoms with Gasteiger partial charge in [-0.15, -0.1) is 0 Å². The van der Waals surface area contributed by atoms with E-state index in [0.717, 1.165) is 26.1 Å². The summed E-state index contributed by atoms with van der Waals surface area (Å²) >= 11 is 0. The summed E-state index contributed by atoms with van der Waals surface area (Å²) in [4.78, 5) is 14.2. The second-order valence-corrected chi connectivity index (χ2v) is 5.60. The van der Waals surface area contributed by atoms with E-state index < -0.39 is 0 Å². The van der Waals surface area contributed by atoms with Crippen LogP contribution in [0.5, 0.6) is 0 Å². The highest BCUT2D eigenvalue weighted by Gasteiger charge is 2.21. The number of hydrogen-bond donors (Lipinski definition) is 1. The molecule has 0 aromatic heterocycles. The van der Waals surface area contributed by atoms with Crippen molar-refractivity contribution in [1.82, 2.24) is 10.2 Å². The second-order valence-electron chi connectivity index (χ2n) is 5.60. The number of carbonyl (C=O) groups excluding carboxylic acids is 1. The van der Waals surface area contributed by atoms with Crippen molar-refractivity contribution in [3.63, 3.8) is 0 Å². The smallest absolute Gasteiger partial charge is 0.234 e. The Kier molecular flexibility index (Phi) is 4.33. The molecular formula is C16H22N2O2. The van der Waals surface area contributed by atoms with Gasteiger partial charge in [-0.1, -0.05) is 24.3 Å². The highest BCUT2D eigenvalue weighted by molar-refractivity contribution is 5.78. The zero-order chi connectivity index (χ0) is 13.8. The van der Waals surface area contributed by atoms with Crippen LogP contribution >= 0.6 is 0 Å². The van der Waals surface area contributed by atoms with Crippen LogP contribution in [0.15, 0.2) is 24.3 Å². The Hall–Kier alpha value is -1.39. The molecule has 20 heavy (non-hydrogen) atoms. The monoisotopic (exact) mass is 274 g/mol. The number of nitrogens with one attached hydrogen (secondary N) is 1. The van der Waals surface area contributed by atoms with Crippen molar-refractivity contribution in [2.45, 2.75) is 25.4 Å². The fourth-order valence-electron chi connectivity index (χ4n) is 3.05. The first-order chi connectivity index (χ1) is 9.83. The van der Waals surface area contributed by atoms with Gasteiger partial charge in [0.05, 0.1) is 13.2 Å². The molecule has 0 saturated carbocycles. The van der Waals surface area contributed by atoms with E-state index >= 15 is 0 Å². The van der Waals surface area contributed by atoms with Crippen LogP contribution in [0.25, 0.3) is 0 Å². The molecule has 2 aliphatic heterocycles. The Labute approximate surface area is 120 Å². The third-order valence-electron chi connectivity index (χ3n) is 4.14. The first-order valence-electron chi connectivity index (χ1n) is 7.51. The van der Waals surface area contributed by atoms with Crippen molar-refractivity contribution in [2.24, 2.45) is 0 Å².